The van der Waals surface area contributed by atoms with Gasteiger partial charge in [0.1, 0.15) is 12.3 Å². The minimum absolute atomic E-state index is 0.260. The van der Waals surface area contributed by atoms with E-state index in [2.05, 4.69) is 5.32 Å². The molecule has 1 aromatic carbocycles. The molecule has 0 aliphatic carbocycles. The van der Waals surface area contributed by atoms with Crippen molar-refractivity contribution in [2.75, 3.05) is 20.2 Å². The minimum Gasteiger partial charge on any atom is -0.497 e. The number of ether oxygens (including phenoxy) is 1. The number of amides is 2. The summed E-state index contributed by atoms with van der Waals surface area (Å²) in [5.74, 6) is 0.722. The molecule has 0 aromatic heterocycles. The first-order chi connectivity index (χ1) is 8.90. The average Bonchev–Trinajstić information content (AvgIpc) is 2.36. The zero-order chi connectivity index (χ0) is 14.3. The number of halogens is 3. The molecule has 0 aliphatic heterocycles. The smallest absolute Gasteiger partial charge is 0.405 e. The molecule has 1 rings (SSSR count). The molecule has 0 aliphatic rings. The van der Waals surface area contributed by atoms with Gasteiger partial charge >= 0.3 is 12.2 Å². The van der Waals surface area contributed by atoms with Crippen LogP contribution in [0, 0.1) is 0 Å². The highest BCUT2D eigenvalue weighted by Crippen LogP contribution is 2.12. The van der Waals surface area contributed by atoms with Crippen molar-refractivity contribution in [3.05, 3.63) is 29.8 Å². The van der Waals surface area contributed by atoms with Gasteiger partial charge in [-0.05, 0) is 24.1 Å². The lowest BCUT2D eigenvalue weighted by molar-refractivity contribution is -0.122. The molecule has 4 nitrogen and oxygen atoms in total. The molecule has 0 unspecified atom stereocenters. The summed E-state index contributed by atoms with van der Waals surface area (Å²) in [7, 11) is 1.56. The van der Waals surface area contributed by atoms with Crippen molar-refractivity contribution in [3.63, 3.8) is 0 Å². The predicted octanol–water partition coefficient (Wildman–Crippen LogP) is 2.10. The molecule has 19 heavy (non-hydrogen) atoms. The van der Waals surface area contributed by atoms with Crippen molar-refractivity contribution in [1.82, 2.24) is 10.6 Å². The van der Waals surface area contributed by atoms with Gasteiger partial charge in [-0.15, -0.1) is 0 Å². The lowest BCUT2D eigenvalue weighted by Gasteiger charge is -2.09. The fourth-order valence-electron chi connectivity index (χ4n) is 1.36. The third-order valence-electron chi connectivity index (χ3n) is 2.31. The number of hydrogen-bond acceptors (Lipinski definition) is 2. The van der Waals surface area contributed by atoms with Gasteiger partial charge in [-0.1, -0.05) is 12.1 Å². The summed E-state index contributed by atoms with van der Waals surface area (Å²) in [5, 5.41) is 4.08. The van der Waals surface area contributed by atoms with Crippen LogP contribution >= 0.6 is 0 Å². The zero-order valence-electron chi connectivity index (χ0n) is 10.4. The molecule has 7 heteroatoms. The van der Waals surface area contributed by atoms with Gasteiger partial charge in [0.05, 0.1) is 7.11 Å². The van der Waals surface area contributed by atoms with Crippen molar-refractivity contribution in [3.8, 4) is 5.75 Å². The molecule has 0 spiro atoms. The fourth-order valence-corrected chi connectivity index (χ4v) is 1.36. The Labute approximate surface area is 108 Å². The lowest BCUT2D eigenvalue weighted by Crippen LogP contribution is -2.41. The molecule has 1 aromatic rings. The number of rotatable bonds is 5. The van der Waals surface area contributed by atoms with E-state index in [9.17, 15) is 18.0 Å². The van der Waals surface area contributed by atoms with Crippen molar-refractivity contribution >= 4 is 6.03 Å². The molecule has 0 saturated heterocycles. The van der Waals surface area contributed by atoms with Crippen molar-refractivity contribution in [2.45, 2.75) is 12.6 Å². The number of urea groups is 1. The average molecular weight is 276 g/mol. The van der Waals surface area contributed by atoms with E-state index >= 15 is 0 Å². The van der Waals surface area contributed by atoms with Gasteiger partial charge in [-0.2, -0.15) is 13.2 Å². The number of alkyl halides is 3. The summed E-state index contributed by atoms with van der Waals surface area (Å²) in [6.45, 7) is -1.07. The first-order valence-corrected chi connectivity index (χ1v) is 5.62. The Kier molecular flexibility index (Phi) is 5.47. The van der Waals surface area contributed by atoms with E-state index in [1.54, 1.807) is 24.6 Å². The second-order valence-electron chi connectivity index (χ2n) is 3.82. The zero-order valence-corrected chi connectivity index (χ0v) is 10.4. The van der Waals surface area contributed by atoms with Crippen LogP contribution in [0.25, 0.3) is 0 Å². The molecule has 2 N–H and O–H groups in total. The number of carbonyl (C=O) groups is 1. The van der Waals surface area contributed by atoms with Crippen LogP contribution in [-0.2, 0) is 6.42 Å². The Balaban J connectivity index is 2.24. The number of benzene rings is 1. The maximum atomic E-state index is 11.8. The van der Waals surface area contributed by atoms with Gasteiger partial charge < -0.3 is 15.4 Å². The molecule has 0 saturated carbocycles. The van der Waals surface area contributed by atoms with Gasteiger partial charge in [-0.25, -0.2) is 4.79 Å². The summed E-state index contributed by atoms with van der Waals surface area (Å²) < 4.78 is 40.4. The van der Waals surface area contributed by atoms with E-state index in [1.807, 2.05) is 12.1 Å². The third kappa shape index (κ3) is 6.54. The molecular formula is C12H15F3N2O2. The molecule has 106 valence electrons. The third-order valence-corrected chi connectivity index (χ3v) is 2.31. The van der Waals surface area contributed by atoms with E-state index < -0.39 is 18.8 Å². The Morgan fingerprint density at radius 2 is 1.84 bits per heavy atom. The maximum absolute atomic E-state index is 11.8. The van der Waals surface area contributed by atoms with Crippen molar-refractivity contribution < 1.29 is 22.7 Å². The van der Waals surface area contributed by atoms with Gasteiger partial charge in [-0.3, -0.25) is 0 Å². The Morgan fingerprint density at radius 3 is 2.37 bits per heavy atom. The van der Waals surface area contributed by atoms with Crippen LogP contribution in [0.15, 0.2) is 24.3 Å². The van der Waals surface area contributed by atoms with Crippen LogP contribution in [0.5, 0.6) is 5.75 Å². The summed E-state index contributed by atoms with van der Waals surface area (Å²) >= 11 is 0. The van der Waals surface area contributed by atoms with Crippen LogP contribution in [0.1, 0.15) is 5.56 Å². The SMILES string of the molecule is COc1ccc(CCNC(=O)NCC(F)(F)F)cc1. The summed E-state index contributed by atoms with van der Waals surface area (Å²) in [5.41, 5.74) is 0.955. The molecule has 0 atom stereocenters. The van der Waals surface area contributed by atoms with E-state index in [0.717, 1.165) is 11.3 Å². The van der Waals surface area contributed by atoms with Gasteiger partial charge in [0, 0.05) is 6.54 Å². The molecule has 0 bridgehead atoms. The standard InChI is InChI=1S/C12H15F3N2O2/c1-19-10-4-2-9(3-5-10)6-7-16-11(18)17-8-12(13,14)15/h2-5H,6-8H2,1H3,(H2,16,17,18). The normalized spacial score (nSPS) is 10.9. The molecule has 0 heterocycles. The Hall–Kier alpha value is -1.92. The van der Waals surface area contributed by atoms with Gasteiger partial charge in [0.25, 0.3) is 0 Å². The summed E-state index contributed by atoms with van der Waals surface area (Å²) in [6, 6.07) is 6.38. The van der Waals surface area contributed by atoms with Gasteiger partial charge in [0.15, 0.2) is 0 Å². The maximum Gasteiger partial charge on any atom is 0.405 e. The Bertz CT molecular complexity index is 404. The number of hydrogen-bond donors (Lipinski definition) is 2. The minimum atomic E-state index is -4.40. The van der Waals surface area contributed by atoms with Crippen LogP contribution in [0.4, 0.5) is 18.0 Å². The van der Waals surface area contributed by atoms with Crippen LogP contribution < -0.4 is 15.4 Å². The molecule has 2 amide bonds. The summed E-state index contributed by atoms with van der Waals surface area (Å²) in [4.78, 5) is 11.0. The molecular weight excluding hydrogens is 261 g/mol. The number of nitrogens with one attached hydrogen (secondary N) is 2. The molecule has 0 radical (unpaired) electrons. The first kappa shape index (κ1) is 15.1. The predicted molar refractivity (Wildman–Crippen MR) is 64.2 cm³/mol. The largest absolute Gasteiger partial charge is 0.497 e. The van der Waals surface area contributed by atoms with Gasteiger partial charge in [0.2, 0.25) is 0 Å². The van der Waals surface area contributed by atoms with E-state index in [1.165, 1.54) is 0 Å². The topological polar surface area (TPSA) is 50.4 Å². The molecule has 0 fully saturated rings. The van der Waals surface area contributed by atoms with Crippen molar-refractivity contribution in [1.29, 1.82) is 0 Å². The van der Waals surface area contributed by atoms with Crippen LogP contribution in [-0.4, -0.2) is 32.4 Å². The highest BCUT2D eigenvalue weighted by molar-refractivity contribution is 5.73. The van der Waals surface area contributed by atoms with Crippen molar-refractivity contribution in [2.24, 2.45) is 0 Å². The number of carbonyl (C=O) groups excluding carboxylic acids is 1. The first-order valence-electron chi connectivity index (χ1n) is 5.62. The van der Waals surface area contributed by atoms with E-state index in [-0.39, 0.29) is 6.54 Å². The monoisotopic (exact) mass is 276 g/mol. The highest BCUT2D eigenvalue weighted by atomic mass is 19.4. The number of methoxy groups -OCH3 is 1. The fraction of sp³-hybridized carbons (Fsp3) is 0.417. The lowest BCUT2D eigenvalue weighted by atomic mass is 10.1. The quantitative estimate of drug-likeness (QED) is 0.865. The highest BCUT2D eigenvalue weighted by Gasteiger charge is 2.27. The van der Waals surface area contributed by atoms with E-state index in [0.29, 0.717) is 6.42 Å². The van der Waals surface area contributed by atoms with Crippen LogP contribution in [0.3, 0.4) is 0 Å². The second-order valence-corrected chi connectivity index (χ2v) is 3.82. The van der Waals surface area contributed by atoms with E-state index in [4.69, 9.17) is 4.74 Å². The summed E-state index contributed by atoms with van der Waals surface area (Å²) in [6.07, 6.45) is -3.86. The van der Waals surface area contributed by atoms with Crippen LogP contribution in [0.2, 0.25) is 0 Å². The Morgan fingerprint density at radius 1 is 1.21 bits per heavy atom. The second kappa shape index (κ2) is 6.86.